The average molecular weight is 434 g/mol. The molecule has 2 N–H and O–H groups in total. The Balaban J connectivity index is 2.44. The topological polar surface area (TPSA) is 123 Å². The highest BCUT2D eigenvalue weighted by Crippen LogP contribution is 2.42. The van der Waals surface area contributed by atoms with Gasteiger partial charge in [-0.25, -0.2) is 9.18 Å². The number of nitrogens with two attached hydrogens (primary N) is 1. The fourth-order valence-electron chi connectivity index (χ4n) is 2.68. The van der Waals surface area contributed by atoms with E-state index in [4.69, 9.17) is 31.5 Å². The van der Waals surface area contributed by atoms with Crippen LogP contribution in [0, 0.1) is 5.92 Å². The molecule has 0 radical (unpaired) electrons. The lowest BCUT2D eigenvalue weighted by molar-refractivity contribution is -0.180. The van der Waals surface area contributed by atoms with Gasteiger partial charge in [-0.3, -0.25) is 9.36 Å². The third-order valence-electron chi connectivity index (χ3n) is 4.47. The lowest BCUT2D eigenvalue weighted by Crippen LogP contribution is -2.52. The number of ether oxygens (including phenoxy) is 3. The van der Waals surface area contributed by atoms with Crippen LogP contribution in [0.15, 0.2) is 17.1 Å². The van der Waals surface area contributed by atoms with Gasteiger partial charge in [0.2, 0.25) is 0 Å². The molecule has 1 aliphatic heterocycles. The van der Waals surface area contributed by atoms with Crippen LogP contribution in [0.2, 0.25) is 0 Å². The molecular formula is C18H25ClFN3O6. The van der Waals surface area contributed by atoms with Crippen molar-refractivity contribution in [3.8, 4) is 0 Å². The summed E-state index contributed by atoms with van der Waals surface area (Å²) in [6.45, 7) is 5.83. The number of nitrogens with zero attached hydrogens (tertiary/aromatic N) is 2. The summed E-state index contributed by atoms with van der Waals surface area (Å²) in [4.78, 5) is 39.1. The van der Waals surface area contributed by atoms with Crippen molar-refractivity contribution >= 4 is 29.7 Å². The molecule has 1 aromatic rings. The van der Waals surface area contributed by atoms with Crippen molar-refractivity contribution in [2.75, 3.05) is 18.2 Å². The van der Waals surface area contributed by atoms with E-state index in [0.717, 1.165) is 4.57 Å². The second kappa shape index (κ2) is 8.76. The van der Waals surface area contributed by atoms with Crippen LogP contribution in [-0.4, -0.2) is 57.8 Å². The van der Waals surface area contributed by atoms with Gasteiger partial charge in [0.25, 0.3) is 0 Å². The molecule has 1 aliphatic rings. The Morgan fingerprint density at radius 2 is 2.21 bits per heavy atom. The first-order valence-electron chi connectivity index (χ1n) is 8.99. The van der Waals surface area contributed by atoms with E-state index in [9.17, 15) is 14.4 Å². The summed E-state index contributed by atoms with van der Waals surface area (Å²) in [6.07, 6.45) is -3.13. The van der Waals surface area contributed by atoms with E-state index in [2.05, 4.69) is 4.98 Å². The van der Waals surface area contributed by atoms with Gasteiger partial charge in [-0.15, -0.1) is 11.6 Å². The van der Waals surface area contributed by atoms with Crippen molar-refractivity contribution in [2.24, 2.45) is 5.92 Å². The second-order valence-electron chi connectivity index (χ2n) is 7.72. The van der Waals surface area contributed by atoms with Crippen molar-refractivity contribution in [3.05, 3.63) is 22.7 Å². The summed E-state index contributed by atoms with van der Waals surface area (Å²) in [5, 5.41) is 0. The van der Waals surface area contributed by atoms with E-state index in [1.54, 1.807) is 13.8 Å². The third-order valence-corrected chi connectivity index (χ3v) is 4.93. The summed E-state index contributed by atoms with van der Waals surface area (Å²) in [5.41, 5.74) is 1.78. The molecule has 1 aromatic heterocycles. The number of halogens is 2. The number of rotatable bonds is 8. The van der Waals surface area contributed by atoms with Gasteiger partial charge in [-0.1, -0.05) is 13.8 Å². The predicted molar refractivity (Wildman–Crippen MR) is 102 cm³/mol. The number of aromatic nitrogens is 2. The minimum atomic E-state index is -1.96. The highest BCUT2D eigenvalue weighted by molar-refractivity contribution is 6.18. The van der Waals surface area contributed by atoms with Gasteiger partial charge >= 0.3 is 11.7 Å². The van der Waals surface area contributed by atoms with Crippen molar-refractivity contribution in [2.45, 2.75) is 57.4 Å². The van der Waals surface area contributed by atoms with Gasteiger partial charge in [0.1, 0.15) is 17.0 Å². The number of anilines is 1. The van der Waals surface area contributed by atoms with E-state index in [-0.39, 0.29) is 18.3 Å². The molecule has 0 bridgehead atoms. The second-order valence-corrected chi connectivity index (χ2v) is 7.98. The molecule has 1 fully saturated rings. The van der Waals surface area contributed by atoms with E-state index in [0.29, 0.717) is 6.29 Å². The molecule has 0 amide bonds. The molecule has 0 aliphatic carbocycles. The molecule has 11 heteroatoms. The Hall–Kier alpha value is -2.04. The fraction of sp³-hybridized carbons (Fsp3) is 0.667. The highest BCUT2D eigenvalue weighted by Gasteiger charge is 2.59. The van der Waals surface area contributed by atoms with Gasteiger partial charge in [0, 0.05) is 6.20 Å². The Bertz CT molecular complexity index is 817. The molecule has 2 rings (SSSR count). The van der Waals surface area contributed by atoms with Crippen molar-refractivity contribution in [1.82, 2.24) is 9.55 Å². The molecule has 162 valence electrons. The Morgan fingerprint density at radius 3 is 2.72 bits per heavy atom. The SMILES string of the molecule is CC(C)C(=O)O[C@H]1[C@@H](F)[C@H](n2ccc(N)nc2=O)O[C@]1(CCl)COC(C)(C)C=O. The zero-order valence-corrected chi connectivity index (χ0v) is 17.4. The van der Waals surface area contributed by atoms with E-state index in [1.165, 1.54) is 26.1 Å². The molecule has 1 saturated heterocycles. The zero-order valence-electron chi connectivity index (χ0n) is 16.6. The molecule has 2 heterocycles. The van der Waals surface area contributed by atoms with Crippen molar-refractivity contribution < 1.29 is 28.2 Å². The van der Waals surface area contributed by atoms with Gasteiger partial charge < -0.3 is 24.7 Å². The first-order valence-corrected chi connectivity index (χ1v) is 9.53. The van der Waals surface area contributed by atoms with Crippen LogP contribution in [0.25, 0.3) is 0 Å². The van der Waals surface area contributed by atoms with Crippen molar-refractivity contribution in [3.63, 3.8) is 0 Å². The molecule has 0 saturated carbocycles. The van der Waals surface area contributed by atoms with Crippen LogP contribution in [0.5, 0.6) is 0 Å². The molecule has 9 nitrogen and oxygen atoms in total. The maximum atomic E-state index is 15.4. The van der Waals surface area contributed by atoms with Crippen molar-refractivity contribution in [1.29, 1.82) is 0 Å². The predicted octanol–water partition coefficient (Wildman–Crippen LogP) is 1.23. The van der Waals surface area contributed by atoms with Gasteiger partial charge in [0.05, 0.1) is 18.4 Å². The van der Waals surface area contributed by atoms with Crippen LogP contribution in [0.1, 0.15) is 33.9 Å². The number of hydrogen-bond acceptors (Lipinski definition) is 8. The van der Waals surface area contributed by atoms with Crippen LogP contribution in [0.3, 0.4) is 0 Å². The van der Waals surface area contributed by atoms with Gasteiger partial charge in [-0.2, -0.15) is 4.98 Å². The first-order chi connectivity index (χ1) is 13.5. The number of esters is 1. The number of carbonyl (C=O) groups excluding carboxylic acids is 2. The monoisotopic (exact) mass is 433 g/mol. The highest BCUT2D eigenvalue weighted by atomic mass is 35.5. The molecule has 0 spiro atoms. The average Bonchev–Trinajstić information content (AvgIpc) is 2.93. The summed E-state index contributed by atoms with van der Waals surface area (Å²) in [5.74, 6) is -1.58. The standard InChI is InChI=1S/C18H25ClFN3O6/c1-10(2)15(25)28-13-12(20)14(23-6-5-11(21)22-16(23)26)29-18(13,7-19)9-27-17(3,4)8-24/h5-6,8,10,12-14H,7,9H2,1-4H3,(H2,21,22,26)/t12-,13+,14-,18-/m1/s1. The van der Waals surface area contributed by atoms with Gasteiger partial charge in [-0.05, 0) is 19.9 Å². The Labute approximate surface area is 172 Å². The lowest BCUT2D eigenvalue weighted by atomic mass is 9.97. The Morgan fingerprint density at radius 1 is 1.55 bits per heavy atom. The summed E-state index contributed by atoms with van der Waals surface area (Å²) < 4.78 is 33.0. The number of nitrogen functional groups attached to an aromatic ring is 1. The minimum absolute atomic E-state index is 0.0397. The Kier molecular flexibility index (Phi) is 7.02. The quantitative estimate of drug-likeness (QED) is 0.369. The smallest absolute Gasteiger partial charge is 0.351 e. The summed E-state index contributed by atoms with van der Waals surface area (Å²) in [6, 6.07) is 1.30. The fourth-order valence-corrected chi connectivity index (χ4v) is 2.97. The number of alkyl halides is 2. The summed E-state index contributed by atoms with van der Waals surface area (Å²) in [7, 11) is 0. The van der Waals surface area contributed by atoms with E-state index in [1.807, 2.05) is 0 Å². The molecule has 4 atom stereocenters. The van der Waals surface area contributed by atoms with Crippen LogP contribution in [-0.2, 0) is 23.8 Å². The summed E-state index contributed by atoms with van der Waals surface area (Å²) >= 11 is 6.10. The van der Waals surface area contributed by atoms with Crippen LogP contribution in [0.4, 0.5) is 10.2 Å². The van der Waals surface area contributed by atoms with Gasteiger partial charge in [0.15, 0.2) is 24.8 Å². The minimum Gasteiger partial charge on any atom is -0.456 e. The largest absolute Gasteiger partial charge is 0.456 e. The molecule has 29 heavy (non-hydrogen) atoms. The molecule has 0 unspecified atom stereocenters. The first kappa shape index (κ1) is 23.2. The maximum Gasteiger partial charge on any atom is 0.351 e. The van der Waals surface area contributed by atoms with Crippen LogP contribution < -0.4 is 11.4 Å². The molecule has 0 aromatic carbocycles. The van der Waals surface area contributed by atoms with Crippen LogP contribution >= 0.6 is 11.6 Å². The maximum absolute atomic E-state index is 15.4. The number of carbonyl (C=O) groups is 2. The lowest BCUT2D eigenvalue weighted by Gasteiger charge is -2.34. The van der Waals surface area contributed by atoms with E-state index >= 15 is 4.39 Å². The van der Waals surface area contributed by atoms with E-state index < -0.39 is 47.3 Å². The number of aldehydes is 1. The third kappa shape index (κ3) is 4.93. The number of hydrogen-bond donors (Lipinski definition) is 1. The normalized spacial score (nSPS) is 27.2. The zero-order chi connectivity index (χ0) is 22.0. The molecular weight excluding hydrogens is 409 g/mol.